The average Bonchev–Trinajstić information content (AvgIpc) is 3.22. The zero-order valence-electron chi connectivity index (χ0n) is 15.6. The van der Waals surface area contributed by atoms with Gasteiger partial charge in [-0.3, -0.25) is 9.48 Å². The summed E-state index contributed by atoms with van der Waals surface area (Å²) in [5, 5.41) is 8.23. The van der Waals surface area contributed by atoms with Crippen LogP contribution in [-0.4, -0.2) is 20.7 Å². The standard InChI is InChI=1S/C20H24N4OS/c1-14-17(26-19(23-14)20(2,3)4)18(25)21-12-15-7-5-8-16(11-15)13-24-10-6-9-22-24/h5-11H,12-13H2,1-4H3,(H,21,25). The maximum absolute atomic E-state index is 12.6. The summed E-state index contributed by atoms with van der Waals surface area (Å²) in [5.74, 6) is -0.0621. The number of aryl methyl sites for hydroxylation is 1. The van der Waals surface area contributed by atoms with Gasteiger partial charge in [-0.2, -0.15) is 5.10 Å². The summed E-state index contributed by atoms with van der Waals surface area (Å²) in [6.07, 6.45) is 3.71. The normalized spacial score (nSPS) is 11.5. The molecule has 0 saturated heterocycles. The van der Waals surface area contributed by atoms with E-state index < -0.39 is 0 Å². The monoisotopic (exact) mass is 368 g/mol. The van der Waals surface area contributed by atoms with Gasteiger partial charge in [0.1, 0.15) is 4.88 Å². The molecule has 0 bridgehead atoms. The van der Waals surface area contributed by atoms with E-state index in [0.717, 1.165) is 28.4 Å². The highest BCUT2D eigenvalue weighted by Gasteiger charge is 2.22. The molecule has 1 aromatic carbocycles. The molecule has 3 aromatic rings. The third-order valence-corrected chi connectivity index (χ3v) is 5.57. The predicted molar refractivity (Wildman–Crippen MR) is 104 cm³/mol. The van der Waals surface area contributed by atoms with Crippen LogP contribution in [0.15, 0.2) is 42.7 Å². The molecule has 5 nitrogen and oxygen atoms in total. The Labute approximate surface area is 158 Å². The van der Waals surface area contributed by atoms with Crippen LogP contribution in [0.1, 0.15) is 52.3 Å². The summed E-state index contributed by atoms with van der Waals surface area (Å²) in [5.41, 5.74) is 2.98. The summed E-state index contributed by atoms with van der Waals surface area (Å²) < 4.78 is 1.88. The first-order valence-corrected chi connectivity index (χ1v) is 9.46. The van der Waals surface area contributed by atoms with Crippen molar-refractivity contribution in [1.29, 1.82) is 0 Å². The Balaban J connectivity index is 1.65. The lowest BCUT2D eigenvalue weighted by molar-refractivity contribution is 0.0954. The van der Waals surface area contributed by atoms with Crippen molar-refractivity contribution in [3.05, 3.63) is 69.4 Å². The van der Waals surface area contributed by atoms with Crippen LogP contribution in [0.2, 0.25) is 0 Å². The van der Waals surface area contributed by atoms with Crippen LogP contribution in [0.25, 0.3) is 0 Å². The molecule has 2 aromatic heterocycles. The van der Waals surface area contributed by atoms with Gasteiger partial charge in [0, 0.05) is 24.4 Å². The number of carbonyl (C=O) groups excluding carboxylic acids is 1. The van der Waals surface area contributed by atoms with Crippen molar-refractivity contribution in [2.75, 3.05) is 0 Å². The van der Waals surface area contributed by atoms with Gasteiger partial charge in [-0.15, -0.1) is 11.3 Å². The first-order valence-electron chi connectivity index (χ1n) is 8.64. The van der Waals surface area contributed by atoms with E-state index in [1.54, 1.807) is 6.20 Å². The second-order valence-electron chi connectivity index (χ2n) is 7.39. The van der Waals surface area contributed by atoms with Crippen LogP contribution in [0.4, 0.5) is 0 Å². The van der Waals surface area contributed by atoms with E-state index in [1.807, 2.05) is 36.0 Å². The summed E-state index contributed by atoms with van der Waals surface area (Å²) >= 11 is 1.48. The number of nitrogens with zero attached hydrogens (tertiary/aromatic N) is 3. The van der Waals surface area contributed by atoms with Gasteiger partial charge in [-0.05, 0) is 24.1 Å². The first-order chi connectivity index (χ1) is 12.3. The first kappa shape index (κ1) is 18.3. The summed E-state index contributed by atoms with van der Waals surface area (Å²) in [6, 6.07) is 10.1. The SMILES string of the molecule is Cc1nc(C(C)(C)C)sc1C(=O)NCc1cccc(Cn2cccn2)c1. The molecule has 0 atom stereocenters. The van der Waals surface area contributed by atoms with E-state index in [0.29, 0.717) is 11.4 Å². The minimum absolute atomic E-state index is 0.0468. The molecule has 26 heavy (non-hydrogen) atoms. The zero-order valence-corrected chi connectivity index (χ0v) is 16.4. The smallest absolute Gasteiger partial charge is 0.263 e. The Morgan fingerprint density at radius 1 is 1.23 bits per heavy atom. The maximum Gasteiger partial charge on any atom is 0.263 e. The fourth-order valence-electron chi connectivity index (χ4n) is 2.61. The molecule has 0 saturated carbocycles. The highest BCUT2D eigenvalue weighted by molar-refractivity contribution is 7.14. The van der Waals surface area contributed by atoms with Crippen molar-refractivity contribution in [2.45, 2.75) is 46.2 Å². The lowest BCUT2D eigenvalue weighted by Gasteiger charge is -2.13. The van der Waals surface area contributed by atoms with Gasteiger partial charge >= 0.3 is 0 Å². The number of hydrogen-bond donors (Lipinski definition) is 1. The quantitative estimate of drug-likeness (QED) is 0.742. The van der Waals surface area contributed by atoms with Gasteiger partial charge < -0.3 is 5.32 Å². The molecule has 6 heteroatoms. The van der Waals surface area contributed by atoms with Gasteiger partial charge in [0.2, 0.25) is 0 Å². The Morgan fingerprint density at radius 2 is 2.00 bits per heavy atom. The van der Waals surface area contributed by atoms with Crippen LogP contribution < -0.4 is 5.32 Å². The largest absolute Gasteiger partial charge is 0.347 e. The van der Waals surface area contributed by atoms with Gasteiger partial charge in [-0.1, -0.05) is 45.0 Å². The fraction of sp³-hybridized carbons (Fsp3) is 0.350. The van der Waals surface area contributed by atoms with Crippen molar-refractivity contribution < 1.29 is 4.79 Å². The maximum atomic E-state index is 12.6. The molecule has 0 aliphatic carbocycles. The van der Waals surface area contributed by atoms with E-state index in [1.165, 1.54) is 11.3 Å². The number of carbonyl (C=O) groups is 1. The molecule has 0 unspecified atom stereocenters. The van der Waals surface area contributed by atoms with Crippen molar-refractivity contribution in [1.82, 2.24) is 20.1 Å². The van der Waals surface area contributed by atoms with E-state index >= 15 is 0 Å². The highest BCUT2D eigenvalue weighted by Crippen LogP contribution is 2.29. The molecule has 2 heterocycles. The summed E-state index contributed by atoms with van der Waals surface area (Å²) in [7, 11) is 0. The Bertz CT molecular complexity index is 891. The zero-order chi connectivity index (χ0) is 18.7. The second kappa shape index (κ2) is 7.41. The lowest BCUT2D eigenvalue weighted by Crippen LogP contribution is -2.22. The minimum atomic E-state index is -0.0621. The Kier molecular flexibility index (Phi) is 5.23. The number of hydrogen-bond acceptors (Lipinski definition) is 4. The van der Waals surface area contributed by atoms with Crippen LogP contribution in [0.3, 0.4) is 0 Å². The minimum Gasteiger partial charge on any atom is -0.347 e. The van der Waals surface area contributed by atoms with Crippen LogP contribution in [0, 0.1) is 6.92 Å². The lowest BCUT2D eigenvalue weighted by atomic mass is 9.98. The van der Waals surface area contributed by atoms with Crippen LogP contribution in [0.5, 0.6) is 0 Å². The van der Waals surface area contributed by atoms with Crippen LogP contribution in [-0.2, 0) is 18.5 Å². The van der Waals surface area contributed by atoms with Crippen molar-refractivity contribution in [3.8, 4) is 0 Å². The molecule has 1 N–H and O–H groups in total. The number of thiazole rings is 1. The fourth-order valence-corrected chi connectivity index (χ4v) is 3.65. The van der Waals surface area contributed by atoms with E-state index in [-0.39, 0.29) is 11.3 Å². The Morgan fingerprint density at radius 3 is 2.65 bits per heavy atom. The molecular weight excluding hydrogens is 344 g/mol. The van der Waals surface area contributed by atoms with Crippen LogP contribution >= 0.6 is 11.3 Å². The van der Waals surface area contributed by atoms with Gasteiger partial charge in [0.15, 0.2) is 0 Å². The molecule has 0 fully saturated rings. The molecule has 3 rings (SSSR count). The van der Waals surface area contributed by atoms with Crippen molar-refractivity contribution in [3.63, 3.8) is 0 Å². The number of amides is 1. The summed E-state index contributed by atoms with van der Waals surface area (Å²) in [6.45, 7) is 9.44. The van der Waals surface area contributed by atoms with E-state index in [2.05, 4.69) is 48.3 Å². The van der Waals surface area contributed by atoms with Gasteiger partial charge in [0.25, 0.3) is 5.91 Å². The topological polar surface area (TPSA) is 59.8 Å². The third kappa shape index (κ3) is 4.38. The van der Waals surface area contributed by atoms with Gasteiger partial charge in [0.05, 0.1) is 17.2 Å². The molecule has 0 spiro atoms. The van der Waals surface area contributed by atoms with Gasteiger partial charge in [-0.25, -0.2) is 4.98 Å². The Hall–Kier alpha value is -2.47. The highest BCUT2D eigenvalue weighted by atomic mass is 32.1. The predicted octanol–water partition coefficient (Wildman–Crippen LogP) is 3.92. The third-order valence-electron chi connectivity index (χ3n) is 3.99. The molecule has 136 valence electrons. The van der Waals surface area contributed by atoms with E-state index in [9.17, 15) is 4.79 Å². The molecule has 1 amide bonds. The number of nitrogens with one attached hydrogen (secondary N) is 1. The van der Waals surface area contributed by atoms with E-state index in [4.69, 9.17) is 0 Å². The molecule has 0 aliphatic rings. The second-order valence-corrected chi connectivity index (χ2v) is 8.39. The van der Waals surface area contributed by atoms with Crippen molar-refractivity contribution in [2.24, 2.45) is 0 Å². The number of benzene rings is 1. The summed E-state index contributed by atoms with van der Waals surface area (Å²) in [4.78, 5) is 17.8. The van der Waals surface area contributed by atoms with Crippen molar-refractivity contribution >= 4 is 17.2 Å². The average molecular weight is 369 g/mol. The molecule has 0 radical (unpaired) electrons. The number of rotatable bonds is 5. The number of aromatic nitrogens is 3. The molecule has 0 aliphatic heterocycles. The molecular formula is C20H24N4OS.